The zero-order valence-corrected chi connectivity index (χ0v) is 19.9. The Balaban J connectivity index is 1.57. The third-order valence-electron chi connectivity index (χ3n) is 4.49. The molecule has 1 N–H and O–H groups in total. The van der Waals surface area contributed by atoms with Gasteiger partial charge in [-0.3, -0.25) is 14.3 Å². The second-order valence-electron chi connectivity index (χ2n) is 6.78. The molecule has 4 aromatic rings. The Kier molecular flexibility index (Phi) is 7.49. The van der Waals surface area contributed by atoms with E-state index in [1.165, 1.54) is 11.8 Å². The Morgan fingerprint density at radius 1 is 1.09 bits per heavy atom. The molecule has 0 unspecified atom stereocenters. The maximum Gasteiger partial charge on any atom is 0.234 e. The molecule has 2 heterocycles. The van der Waals surface area contributed by atoms with Crippen LogP contribution in [0.25, 0.3) is 17.1 Å². The summed E-state index contributed by atoms with van der Waals surface area (Å²) in [4.78, 5) is 16.7. The second kappa shape index (κ2) is 10.7. The van der Waals surface area contributed by atoms with Gasteiger partial charge in [-0.2, -0.15) is 0 Å². The number of carbonyl (C=O) groups is 1. The highest BCUT2D eigenvalue weighted by atomic mass is 35.5. The molecular weight excluding hydrogens is 481 g/mol. The van der Waals surface area contributed by atoms with Gasteiger partial charge in [0.15, 0.2) is 11.0 Å². The van der Waals surface area contributed by atoms with Crippen molar-refractivity contribution in [3.05, 3.63) is 77.0 Å². The molecule has 0 aliphatic carbocycles. The Morgan fingerprint density at radius 2 is 1.91 bits per heavy atom. The maximum atomic E-state index is 12.5. The monoisotopic (exact) mass is 499 g/mol. The number of anilines is 1. The van der Waals surface area contributed by atoms with Crippen molar-refractivity contribution in [2.75, 3.05) is 17.7 Å². The molecule has 168 valence electrons. The number of halogens is 2. The maximum absolute atomic E-state index is 12.5. The van der Waals surface area contributed by atoms with Crippen molar-refractivity contribution in [3.8, 4) is 22.8 Å². The molecule has 10 heteroatoms. The molecule has 2 aromatic heterocycles. The molecular formula is C23H19Cl2N5O2S. The highest BCUT2D eigenvalue weighted by Crippen LogP contribution is 2.29. The van der Waals surface area contributed by atoms with E-state index in [2.05, 4.69) is 20.5 Å². The number of nitrogens with zero attached hydrogens (tertiary/aromatic N) is 4. The summed E-state index contributed by atoms with van der Waals surface area (Å²) in [6, 6.07) is 16.3. The Bertz CT molecular complexity index is 1250. The van der Waals surface area contributed by atoms with Crippen LogP contribution < -0.4 is 10.1 Å². The molecule has 0 spiro atoms. The van der Waals surface area contributed by atoms with Crippen LogP contribution in [0.2, 0.25) is 10.0 Å². The average molecular weight is 500 g/mol. The third-order valence-corrected chi connectivity index (χ3v) is 6.16. The first kappa shape index (κ1) is 23.1. The van der Waals surface area contributed by atoms with Gasteiger partial charge in [-0.15, -0.1) is 10.2 Å². The third kappa shape index (κ3) is 5.65. The Morgan fingerprint density at radius 3 is 2.61 bits per heavy atom. The van der Waals surface area contributed by atoms with Crippen molar-refractivity contribution in [1.82, 2.24) is 19.7 Å². The highest BCUT2D eigenvalue weighted by Gasteiger charge is 2.18. The molecule has 1 amide bonds. The van der Waals surface area contributed by atoms with E-state index in [0.29, 0.717) is 33.3 Å². The van der Waals surface area contributed by atoms with E-state index in [0.717, 1.165) is 17.0 Å². The van der Waals surface area contributed by atoms with Crippen LogP contribution in [0, 0.1) is 0 Å². The highest BCUT2D eigenvalue weighted by molar-refractivity contribution is 7.99. The molecule has 0 aliphatic heterocycles. The first-order chi connectivity index (χ1) is 16.0. The summed E-state index contributed by atoms with van der Waals surface area (Å²) in [5, 5.41) is 12.9. The first-order valence-corrected chi connectivity index (χ1v) is 11.8. The van der Waals surface area contributed by atoms with Gasteiger partial charge >= 0.3 is 0 Å². The lowest BCUT2D eigenvalue weighted by Crippen LogP contribution is -2.14. The molecule has 0 saturated heterocycles. The lowest BCUT2D eigenvalue weighted by atomic mass is 10.2. The molecule has 0 bridgehead atoms. The van der Waals surface area contributed by atoms with Gasteiger partial charge < -0.3 is 10.1 Å². The van der Waals surface area contributed by atoms with Gasteiger partial charge in [-0.25, -0.2) is 0 Å². The lowest BCUT2D eigenvalue weighted by Gasteiger charge is -2.11. The largest absolute Gasteiger partial charge is 0.494 e. The van der Waals surface area contributed by atoms with Crippen molar-refractivity contribution < 1.29 is 9.53 Å². The molecule has 33 heavy (non-hydrogen) atoms. The lowest BCUT2D eigenvalue weighted by molar-refractivity contribution is -0.113. The van der Waals surface area contributed by atoms with Crippen molar-refractivity contribution in [2.45, 2.75) is 12.1 Å². The Hall–Kier alpha value is -3.07. The summed E-state index contributed by atoms with van der Waals surface area (Å²) >= 11 is 13.2. The van der Waals surface area contributed by atoms with Crippen LogP contribution in [0.5, 0.6) is 5.75 Å². The number of amides is 1. The predicted molar refractivity (Wildman–Crippen MR) is 132 cm³/mol. The zero-order valence-electron chi connectivity index (χ0n) is 17.5. The quantitative estimate of drug-likeness (QED) is 0.310. The predicted octanol–water partition coefficient (Wildman–Crippen LogP) is 5.77. The molecule has 0 atom stereocenters. The van der Waals surface area contributed by atoms with Crippen LogP contribution in [0.3, 0.4) is 0 Å². The first-order valence-electron chi connectivity index (χ1n) is 10.0. The number of carbonyl (C=O) groups excluding carboxylic acids is 1. The number of aromatic nitrogens is 4. The summed E-state index contributed by atoms with van der Waals surface area (Å²) in [6.07, 6.45) is 3.42. The second-order valence-corrected chi connectivity index (χ2v) is 8.53. The number of hydrogen-bond donors (Lipinski definition) is 1. The summed E-state index contributed by atoms with van der Waals surface area (Å²) in [5.41, 5.74) is 2.22. The minimum atomic E-state index is -0.206. The minimum absolute atomic E-state index is 0.127. The summed E-state index contributed by atoms with van der Waals surface area (Å²) in [6.45, 7) is 2.52. The van der Waals surface area contributed by atoms with E-state index in [1.54, 1.807) is 30.6 Å². The molecule has 0 saturated carbocycles. The number of hydrogen-bond acceptors (Lipinski definition) is 6. The van der Waals surface area contributed by atoms with Crippen molar-refractivity contribution in [3.63, 3.8) is 0 Å². The number of ether oxygens (including phenoxy) is 1. The van der Waals surface area contributed by atoms with Gasteiger partial charge in [0.25, 0.3) is 0 Å². The van der Waals surface area contributed by atoms with Gasteiger partial charge in [-0.1, -0.05) is 35.0 Å². The van der Waals surface area contributed by atoms with Gasteiger partial charge in [0.05, 0.1) is 22.4 Å². The fourth-order valence-electron chi connectivity index (χ4n) is 3.04. The van der Waals surface area contributed by atoms with Crippen LogP contribution >= 0.6 is 35.0 Å². The van der Waals surface area contributed by atoms with Gasteiger partial charge in [0, 0.05) is 29.3 Å². The standard InChI is InChI=1S/C23H19Cl2N5O2S/c1-2-32-18-8-6-17(7-9-18)30-22(15-4-3-11-26-13-15)28-29-23(30)33-14-21(31)27-16-5-10-19(24)20(25)12-16/h3-13H,2,14H2,1H3,(H,27,31). The number of thioether (sulfide) groups is 1. The summed E-state index contributed by atoms with van der Waals surface area (Å²) in [7, 11) is 0. The molecule has 0 fully saturated rings. The topological polar surface area (TPSA) is 81.9 Å². The van der Waals surface area contributed by atoms with Crippen LogP contribution in [0.4, 0.5) is 5.69 Å². The van der Waals surface area contributed by atoms with Crippen molar-refractivity contribution in [1.29, 1.82) is 0 Å². The van der Waals surface area contributed by atoms with E-state index in [-0.39, 0.29) is 11.7 Å². The molecule has 0 aliphatic rings. The van der Waals surface area contributed by atoms with Crippen molar-refractivity contribution >= 4 is 46.6 Å². The van der Waals surface area contributed by atoms with E-state index in [9.17, 15) is 4.79 Å². The summed E-state index contributed by atoms with van der Waals surface area (Å²) < 4.78 is 7.44. The van der Waals surface area contributed by atoms with Gasteiger partial charge in [-0.05, 0) is 61.5 Å². The van der Waals surface area contributed by atoms with E-state index < -0.39 is 0 Å². The van der Waals surface area contributed by atoms with Crippen LogP contribution in [-0.4, -0.2) is 38.0 Å². The Labute approximate surface area is 205 Å². The van der Waals surface area contributed by atoms with Crippen LogP contribution in [0.1, 0.15) is 6.92 Å². The number of nitrogens with one attached hydrogen (secondary N) is 1. The number of benzene rings is 2. The molecule has 7 nitrogen and oxygen atoms in total. The smallest absolute Gasteiger partial charge is 0.234 e. The SMILES string of the molecule is CCOc1ccc(-n2c(SCC(=O)Nc3ccc(Cl)c(Cl)c3)nnc2-c2cccnc2)cc1. The van der Waals surface area contributed by atoms with Gasteiger partial charge in [0.1, 0.15) is 5.75 Å². The van der Waals surface area contributed by atoms with Crippen LogP contribution in [-0.2, 0) is 4.79 Å². The van der Waals surface area contributed by atoms with E-state index in [4.69, 9.17) is 27.9 Å². The molecule has 4 rings (SSSR count). The van der Waals surface area contributed by atoms with Gasteiger partial charge in [0.2, 0.25) is 5.91 Å². The minimum Gasteiger partial charge on any atom is -0.494 e. The van der Waals surface area contributed by atoms with E-state index >= 15 is 0 Å². The zero-order chi connectivity index (χ0) is 23.2. The fourth-order valence-corrected chi connectivity index (χ4v) is 4.09. The molecule has 0 radical (unpaired) electrons. The fraction of sp³-hybridized carbons (Fsp3) is 0.130. The van der Waals surface area contributed by atoms with Crippen LogP contribution in [0.15, 0.2) is 72.1 Å². The summed E-state index contributed by atoms with van der Waals surface area (Å²) in [5.74, 6) is 1.32. The normalized spacial score (nSPS) is 10.8. The average Bonchev–Trinajstić information content (AvgIpc) is 3.25. The number of rotatable bonds is 8. The number of pyridine rings is 1. The van der Waals surface area contributed by atoms with Crippen molar-refractivity contribution in [2.24, 2.45) is 0 Å². The molecule has 2 aromatic carbocycles. The van der Waals surface area contributed by atoms with E-state index in [1.807, 2.05) is 47.9 Å².